The van der Waals surface area contributed by atoms with Crippen molar-refractivity contribution in [1.82, 2.24) is 10.2 Å². The minimum absolute atomic E-state index is 0.123. The van der Waals surface area contributed by atoms with Crippen LogP contribution in [0, 0.1) is 17.5 Å². The number of amides is 1. The van der Waals surface area contributed by atoms with Crippen molar-refractivity contribution < 1.29 is 30.6 Å². The van der Waals surface area contributed by atoms with E-state index in [1.165, 1.54) is 54.4 Å². The summed E-state index contributed by atoms with van der Waals surface area (Å²) in [6.07, 6.45) is 0. The fraction of sp³-hybridized carbons (Fsp3) is 0.0909. The molecule has 0 radical (unpaired) electrons. The van der Waals surface area contributed by atoms with E-state index in [9.17, 15) is 26.4 Å². The topological polar surface area (TPSA) is 75.7 Å². The molecule has 3 aromatic rings. The maximum atomic E-state index is 13.9. The molecule has 0 aromatic heterocycles. The molecule has 0 bridgehead atoms. The summed E-state index contributed by atoms with van der Waals surface area (Å²) in [5.41, 5.74) is -0.825. The van der Waals surface area contributed by atoms with E-state index in [4.69, 9.17) is 16.4 Å². The van der Waals surface area contributed by atoms with E-state index in [-0.39, 0.29) is 15.3 Å². The van der Waals surface area contributed by atoms with Crippen LogP contribution < -0.4 is 9.50 Å². The second kappa shape index (κ2) is 8.67. The molecule has 4 rings (SSSR count). The molecule has 1 saturated heterocycles. The van der Waals surface area contributed by atoms with Crippen LogP contribution in [0.3, 0.4) is 0 Å². The Morgan fingerprint density at radius 1 is 0.971 bits per heavy atom. The van der Waals surface area contributed by atoms with E-state index in [1.54, 1.807) is 0 Å². The van der Waals surface area contributed by atoms with Gasteiger partial charge >= 0.3 is 10.1 Å². The van der Waals surface area contributed by atoms with Gasteiger partial charge in [0.1, 0.15) is 23.2 Å². The third kappa shape index (κ3) is 3.95. The van der Waals surface area contributed by atoms with Crippen LogP contribution in [-0.2, 0) is 20.5 Å². The Morgan fingerprint density at radius 2 is 1.56 bits per heavy atom. The molecule has 1 unspecified atom stereocenters. The van der Waals surface area contributed by atoms with E-state index < -0.39 is 43.9 Å². The van der Waals surface area contributed by atoms with Crippen molar-refractivity contribution in [2.75, 3.05) is 7.05 Å². The molecule has 1 N–H and O–H groups in total. The molecular weight excluding hydrogens is 557 g/mol. The second-order valence-electron chi connectivity index (χ2n) is 7.29. The zero-order valence-electron chi connectivity index (χ0n) is 17.2. The molecule has 0 spiro atoms. The first-order valence-electron chi connectivity index (χ1n) is 9.52. The largest absolute Gasteiger partial charge is 0.379 e. The SMILES string of the molecule is CN1C(=O)C(c2ccc(OS(=O)(=O)c3c(F)cccc3F)cc2)(c2ccc(F)c(Br)c2)NC1=S. The fourth-order valence-corrected chi connectivity index (χ4v) is 5.26. The van der Waals surface area contributed by atoms with Crippen molar-refractivity contribution in [3.8, 4) is 5.75 Å². The molecule has 3 aromatic carbocycles. The highest BCUT2D eigenvalue weighted by Crippen LogP contribution is 2.38. The zero-order chi connectivity index (χ0) is 24.8. The highest BCUT2D eigenvalue weighted by Gasteiger charge is 2.51. The van der Waals surface area contributed by atoms with Crippen molar-refractivity contribution in [2.24, 2.45) is 0 Å². The van der Waals surface area contributed by atoms with Crippen molar-refractivity contribution in [3.63, 3.8) is 0 Å². The molecule has 0 aliphatic carbocycles. The monoisotopic (exact) mass is 570 g/mol. The fourth-order valence-electron chi connectivity index (χ4n) is 3.58. The van der Waals surface area contributed by atoms with Gasteiger partial charge in [-0.1, -0.05) is 24.3 Å². The Balaban J connectivity index is 1.75. The van der Waals surface area contributed by atoms with Crippen molar-refractivity contribution in [1.29, 1.82) is 0 Å². The number of hydrogen-bond donors (Lipinski definition) is 1. The Hall–Kier alpha value is -2.96. The molecule has 1 fully saturated rings. The van der Waals surface area contributed by atoms with Crippen LogP contribution in [0.1, 0.15) is 11.1 Å². The molecule has 34 heavy (non-hydrogen) atoms. The van der Waals surface area contributed by atoms with E-state index in [2.05, 4.69) is 21.2 Å². The lowest BCUT2D eigenvalue weighted by molar-refractivity contribution is -0.129. The lowest BCUT2D eigenvalue weighted by Gasteiger charge is -2.28. The van der Waals surface area contributed by atoms with Crippen LogP contribution in [0.5, 0.6) is 5.75 Å². The Labute approximate surface area is 206 Å². The minimum Gasteiger partial charge on any atom is -0.379 e. The van der Waals surface area contributed by atoms with Gasteiger partial charge in [0.05, 0.1) is 4.47 Å². The maximum absolute atomic E-state index is 13.9. The quantitative estimate of drug-likeness (QED) is 0.365. The van der Waals surface area contributed by atoms with Crippen LogP contribution in [0.4, 0.5) is 13.2 Å². The van der Waals surface area contributed by atoms with Gasteiger partial charge in [-0.2, -0.15) is 8.42 Å². The third-order valence-corrected chi connectivity index (χ3v) is 7.52. The average molecular weight is 571 g/mol. The molecular formula is C22H14BrF3N2O4S2. The molecule has 176 valence electrons. The molecule has 0 saturated carbocycles. The van der Waals surface area contributed by atoms with Gasteiger partial charge < -0.3 is 9.50 Å². The zero-order valence-corrected chi connectivity index (χ0v) is 20.4. The lowest BCUT2D eigenvalue weighted by atomic mass is 9.82. The number of carbonyl (C=O) groups excluding carboxylic acids is 1. The number of nitrogens with one attached hydrogen (secondary N) is 1. The van der Waals surface area contributed by atoms with E-state index in [0.29, 0.717) is 11.1 Å². The second-order valence-corrected chi connectivity index (χ2v) is 10.0. The van der Waals surface area contributed by atoms with Gasteiger partial charge in [0.25, 0.3) is 5.91 Å². The number of likely N-dealkylation sites (N-methyl/N-ethyl adjacent to an activating group) is 1. The van der Waals surface area contributed by atoms with E-state index in [0.717, 1.165) is 18.2 Å². The molecule has 6 nitrogen and oxygen atoms in total. The number of hydrogen-bond acceptors (Lipinski definition) is 5. The first-order valence-corrected chi connectivity index (χ1v) is 12.1. The van der Waals surface area contributed by atoms with Crippen molar-refractivity contribution in [3.05, 3.63) is 93.7 Å². The predicted octanol–water partition coefficient (Wildman–Crippen LogP) is 4.22. The molecule has 1 amide bonds. The maximum Gasteiger partial charge on any atom is 0.345 e. The summed E-state index contributed by atoms with van der Waals surface area (Å²) in [5, 5.41) is 3.09. The summed E-state index contributed by atoms with van der Waals surface area (Å²) in [7, 11) is -3.34. The Kier molecular flexibility index (Phi) is 6.17. The first kappa shape index (κ1) is 24.2. The highest BCUT2D eigenvalue weighted by atomic mass is 79.9. The minimum atomic E-state index is -4.82. The average Bonchev–Trinajstić information content (AvgIpc) is 3.00. The van der Waals surface area contributed by atoms with Crippen LogP contribution in [0.25, 0.3) is 0 Å². The summed E-state index contributed by atoms with van der Waals surface area (Å²) < 4.78 is 71.6. The van der Waals surface area contributed by atoms with E-state index >= 15 is 0 Å². The van der Waals surface area contributed by atoms with Crippen LogP contribution in [0.2, 0.25) is 0 Å². The predicted molar refractivity (Wildman–Crippen MR) is 124 cm³/mol. The third-order valence-electron chi connectivity index (χ3n) is 5.24. The molecule has 1 atom stereocenters. The number of thiocarbonyl (C=S) groups is 1. The highest BCUT2D eigenvalue weighted by molar-refractivity contribution is 9.10. The summed E-state index contributed by atoms with van der Waals surface area (Å²) in [5.74, 6) is -3.83. The van der Waals surface area contributed by atoms with Gasteiger partial charge in [-0.25, -0.2) is 13.2 Å². The van der Waals surface area contributed by atoms with E-state index in [1.807, 2.05) is 0 Å². The number of rotatable bonds is 5. The standard InChI is InChI=1S/C22H14BrF3N2O4S2/c1-28-20(29)22(27-21(28)33,13-7-10-16(24)15(23)11-13)12-5-8-14(9-6-12)32-34(30,31)19-17(25)3-2-4-18(19)26/h2-11H,1H3,(H,27,33). The van der Waals surface area contributed by atoms with Crippen LogP contribution in [0.15, 0.2) is 70.0 Å². The molecule has 12 heteroatoms. The summed E-state index contributed by atoms with van der Waals surface area (Å²) in [6.45, 7) is 0. The van der Waals surface area contributed by atoms with Crippen molar-refractivity contribution >= 4 is 49.3 Å². The number of carbonyl (C=O) groups is 1. The Morgan fingerprint density at radius 3 is 2.09 bits per heavy atom. The summed E-state index contributed by atoms with van der Waals surface area (Å²) >= 11 is 8.35. The van der Waals surface area contributed by atoms with Crippen LogP contribution in [-0.4, -0.2) is 31.4 Å². The van der Waals surface area contributed by atoms with Crippen LogP contribution >= 0.6 is 28.1 Å². The molecule has 1 aliphatic heterocycles. The number of nitrogens with zero attached hydrogens (tertiary/aromatic N) is 1. The van der Waals surface area contributed by atoms with Gasteiger partial charge in [-0.15, -0.1) is 0 Å². The lowest BCUT2D eigenvalue weighted by Crippen LogP contribution is -2.45. The molecule has 1 heterocycles. The van der Waals surface area contributed by atoms with Gasteiger partial charge in [-0.3, -0.25) is 9.69 Å². The number of halogens is 4. The first-order chi connectivity index (χ1) is 16.0. The van der Waals surface area contributed by atoms with Gasteiger partial charge in [0.15, 0.2) is 15.5 Å². The Bertz CT molecular complexity index is 1410. The smallest absolute Gasteiger partial charge is 0.345 e. The number of benzene rings is 3. The van der Waals surface area contributed by atoms with Gasteiger partial charge in [-0.05, 0) is 75.7 Å². The van der Waals surface area contributed by atoms with Gasteiger partial charge in [0, 0.05) is 7.05 Å². The summed E-state index contributed by atoms with van der Waals surface area (Å²) in [6, 6.07) is 11.9. The van der Waals surface area contributed by atoms with Gasteiger partial charge in [0.2, 0.25) is 0 Å². The van der Waals surface area contributed by atoms with Crippen molar-refractivity contribution in [2.45, 2.75) is 10.4 Å². The molecule has 1 aliphatic rings. The summed E-state index contributed by atoms with van der Waals surface area (Å²) in [4.78, 5) is 13.3. The normalized spacial score (nSPS) is 18.2.